The third kappa shape index (κ3) is 3.32. The van der Waals surface area contributed by atoms with E-state index in [1.54, 1.807) is 10.6 Å². The number of anilines is 1. The Bertz CT molecular complexity index is 475. The number of hydrogen-bond acceptors (Lipinski definition) is 3. The van der Waals surface area contributed by atoms with Crippen LogP contribution in [0.4, 0.5) is 5.69 Å². The van der Waals surface area contributed by atoms with E-state index in [4.69, 9.17) is 18.0 Å². The van der Waals surface area contributed by atoms with E-state index >= 15 is 0 Å². The zero-order chi connectivity index (χ0) is 13.0. The zero-order valence-corrected chi connectivity index (χ0v) is 11.3. The molecule has 2 heterocycles. The van der Waals surface area contributed by atoms with Crippen LogP contribution in [-0.2, 0) is 6.54 Å². The molecule has 0 aromatic carbocycles. The first kappa shape index (κ1) is 13.1. The molecular weight excluding hydrogens is 246 g/mol. The van der Waals surface area contributed by atoms with Gasteiger partial charge in [0.25, 0.3) is 5.56 Å². The van der Waals surface area contributed by atoms with E-state index in [0.29, 0.717) is 11.5 Å². The van der Waals surface area contributed by atoms with Gasteiger partial charge in [0, 0.05) is 25.4 Å². The molecule has 0 bridgehead atoms. The molecule has 1 aliphatic rings. The molecule has 0 spiro atoms. The summed E-state index contributed by atoms with van der Waals surface area (Å²) in [4.78, 5) is 14.4. The van der Waals surface area contributed by atoms with E-state index in [9.17, 15) is 4.79 Å². The van der Waals surface area contributed by atoms with Crippen LogP contribution in [0.15, 0.2) is 23.1 Å². The molecule has 0 aliphatic carbocycles. The van der Waals surface area contributed by atoms with Crippen molar-refractivity contribution in [2.75, 3.05) is 18.0 Å². The standard InChI is InChI=1S/C13H19N3OS/c14-12(18)10-16-9-11(5-6-13(16)17)15-7-3-1-2-4-8-15/h5-6,9H,1-4,7-8,10H2,(H2,14,18). The summed E-state index contributed by atoms with van der Waals surface area (Å²) in [6.45, 7) is 2.44. The van der Waals surface area contributed by atoms with E-state index in [1.165, 1.54) is 25.7 Å². The fourth-order valence-electron chi connectivity index (χ4n) is 2.33. The molecule has 5 heteroatoms. The van der Waals surface area contributed by atoms with Gasteiger partial charge in [-0.3, -0.25) is 4.79 Å². The molecule has 0 atom stereocenters. The second kappa shape index (κ2) is 6.00. The maximum atomic E-state index is 11.7. The molecule has 2 N–H and O–H groups in total. The van der Waals surface area contributed by atoms with Crippen LogP contribution in [-0.4, -0.2) is 22.6 Å². The lowest BCUT2D eigenvalue weighted by Crippen LogP contribution is -2.29. The van der Waals surface area contributed by atoms with Crippen molar-refractivity contribution in [3.63, 3.8) is 0 Å². The number of hydrogen-bond donors (Lipinski definition) is 1. The topological polar surface area (TPSA) is 51.3 Å². The first-order valence-corrected chi connectivity index (χ1v) is 6.81. The molecule has 4 nitrogen and oxygen atoms in total. The summed E-state index contributed by atoms with van der Waals surface area (Å²) in [5, 5.41) is 0. The van der Waals surface area contributed by atoms with Crippen LogP contribution >= 0.6 is 12.2 Å². The highest BCUT2D eigenvalue weighted by Gasteiger charge is 2.11. The van der Waals surface area contributed by atoms with Crippen molar-refractivity contribution in [3.05, 3.63) is 28.7 Å². The SMILES string of the molecule is NC(=S)Cn1cc(N2CCCCCC2)ccc1=O. The Labute approximate surface area is 112 Å². The minimum absolute atomic E-state index is 0.0543. The molecule has 1 aliphatic heterocycles. The lowest BCUT2D eigenvalue weighted by Gasteiger charge is -2.23. The predicted molar refractivity (Wildman–Crippen MR) is 78.2 cm³/mol. The highest BCUT2D eigenvalue weighted by molar-refractivity contribution is 7.80. The summed E-state index contributed by atoms with van der Waals surface area (Å²) >= 11 is 4.86. The monoisotopic (exact) mass is 265 g/mol. The number of nitrogens with zero attached hydrogens (tertiary/aromatic N) is 2. The fraction of sp³-hybridized carbons (Fsp3) is 0.538. The largest absolute Gasteiger partial charge is 0.392 e. The molecule has 1 saturated heterocycles. The van der Waals surface area contributed by atoms with E-state index in [1.807, 2.05) is 12.3 Å². The summed E-state index contributed by atoms with van der Waals surface area (Å²) in [5.41, 5.74) is 6.54. The van der Waals surface area contributed by atoms with Gasteiger partial charge >= 0.3 is 0 Å². The van der Waals surface area contributed by atoms with Crippen molar-refractivity contribution in [2.45, 2.75) is 32.2 Å². The van der Waals surface area contributed by atoms with Crippen molar-refractivity contribution in [3.8, 4) is 0 Å². The highest BCUT2D eigenvalue weighted by atomic mass is 32.1. The van der Waals surface area contributed by atoms with Crippen molar-refractivity contribution in [1.29, 1.82) is 0 Å². The maximum Gasteiger partial charge on any atom is 0.251 e. The number of nitrogens with two attached hydrogens (primary N) is 1. The normalized spacial score (nSPS) is 16.3. The minimum atomic E-state index is -0.0543. The van der Waals surface area contributed by atoms with E-state index in [2.05, 4.69) is 4.90 Å². The molecule has 98 valence electrons. The van der Waals surface area contributed by atoms with Crippen LogP contribution in [0.3, 0.4) is 0 Å². The predicted octanol–water partition coefficient (Wildman–Crippen LogP) is 1.51. The second-order valence-corrected chi connectivity index (χ2v) is 5.25. The average Bonchev–Trinajstić information content (AvgIpc) is 2.60. The fourth-order valence-corrected chi connectivity index (χ4v) is 2.47. The van der Waals surface area contributed by atoms with Crippen LogP contribution in [0.1, 0.15) is 25.7 Å². The molecule has 18 heavy (non-hydrogen) atoms. The smallest absolute Gasteiger partial charge is 0.251 e. The van der Waals surface area contributed by atoms with E-state index < -0.39 is 0 Å². The molecule has 1 aromatic rings. The summed E-state index contributed by atoms with van der Waals surface area (Å²) in [6.07, 6.45) is 6.89. The van der Waals surface area contributed by atoms with Crippen LogP contribution in [0.5, 0.6) is 0 Å². The van der Waals surface area contributed by atoms with Gasteiger partial charge in [-0.15, -0.1) is 0 Å². The molecule has 0 radical (unpaired) electrons. The van der Waals surface area contributed by atoms with Crippen LogP contribution < -0.4 is 16.2 Å². The summed E-state index contributed by atoms with van der Waals surface area (Å²) in [7, 11) is 0. The molecule has 0 amide bonds. The molecule has 1 aromatic heterocycles. The van der Waals surface area contributed by atoms with E-state index in [-0.39, 0.29) is 5.56 Å². The average molecular weight is 265 g/mol. The van der Waals surface area contributed by atoms with Gasteiger partial charge < -0.3 is 15.2 Å². The summed E-state index contributed by atoms with van der Waals surface area (Å²) in [6, 6.07) is 3.49. The number of aromatic nitrogens is 1. The summed E-state index contributed by atoms with van der Waals surface area (Å²) in [5.74, 6) is 0. The van der Waals surface area contributed by atoms with Crippen LogP contribution in [0.2, 0.25) is 0 Å². The Morgan fingerprint density at radius 2 is 1.89 bits per heavy atom. The van der Waals surface area contributed by atoms with E-state index in [0.717, 1.165) is 18.8 Å². The lowest BCUT2D eigenvalue weighted by atomic mass is 10.2. The third-order valence-corrected chi connectivity index (χ3v) is 3.39. The zero-order valence-electron chi connectivity index (χ0n) is 10.5. The Hall–Kier alpha value is -1.36. The van der Waals surface area contributed by atoms with Crippen molar-refractivity contribution >= 4 is 22.9 Å². The van der Waals surface area contributed by atoms with Gasteiger partial charge in [0.1, 0.15) is 0 Å². The van der Waals surface area contributed by atoms with Crippen LogP contribution in [0.25, 0.3) is 0 Å². The molecular formula is C13H19N3OS. The van der Waals surface area contributed by atoms with Crippen molar-refractivity contribution in [1.82, 2.24) is 4.57 Å². The number of pyridine rings is 1. The molecule has 1 fully saturated rings. The minimum Gasteiger partial charge on any atom is -0.392 e. The Balaban J connectivity index is 2.22. The quantitative estimate of drug-likeness (QED) is 0.842. The second-order valence-electron chi connectivity index (χ2n) is 4.72. The first-order valence-electron chi connectivity index (χ1n) is 6.40. The lowest BCUT2D eigenvalue weighted by molar-refractivity contribution is 0.726. The Morgan fingerprint density at radius 3 is 2.50 bits per heavy atom. The van der Waals surface area contributed by atoms with Crippen LogP contribution in [0, 0.1) is 0 Å². The highest BCUT2D eigenvalue weighted by Crippen LogP contribution is 2.17. The van der Waals surface area contributed by atoms with Gasteiger partial charge in [0.05, 0.1) is 17.2 Å². The third-order valence-electron chi connectivity index (χ3n) is 3.27. The summed E-state index contributed by atoms with van der Waals surface area (Å²) < 4.78 is 1.59. The Kier molecular flexibility index (Phi) is 4.36. The van der Waals surface area contributed by atoms with Gasteiger partial charge in [-0.1, -0.05) is 25.1 Å². The van der Waals surface area contributed by atoms with Gasteiger partial charge in [0.2, 0.25) is 0 Å². The van der Waals surface area contributed by atoms with Gasteiger partial charge in [-0.05, 0) is 18.9 Å². The van der Waals surface area contributed by atoms with Gasteiger partial charge in [0.15, 0.2) is 0 Å². The maximum absolute atomic E-state index is 11.7. The van der Waals surface area contributed by atoms with Crippen molar-refractivity contribution < 1.29 is 0 Å². The van der Waals surface area contributed by atoms with Crippen molar-refractivity contribution in [2.24, 2.45) is 5.73 Å². The van der Waals surface area contributed by atoms with Gasteiger partial charge in [-0.25, -0.2) is 0 Å². The molecule has 2 rings (SSSR count). The number of rotatable bonds is 3. The Morgan fingerprint density at radius 1 is 1.22 bits per heavy atom. The van der Waals surface area contributed by atoms with Gasteiger partial charge in [-0.2, -0.15) is 0 Å². The number of thiocarbonyl (C=S) groups is 1. The molecule has 0 unspecified atom stereocenters. The molecule has 0 saturated carbocycles. The first-order chi connectivity index (χ1) is 8.66.